The minimum Gasteiger partial charge on any atom is -0.543 e. The zero-order valence-corrected chi connectivity index (χ0v) is 47.1. The molecule has 0 bridgehead atoms. The van der Waals surface area contributed by atoms with Crippen LogP contribution in [-0.4, -0.2) is 98.2 Å². The average molecular weight is 1020 g/mol. The molecule has 2 aliphatic rings. The van der Waals surface area contributed by atoms with Crippen LogP contribution >= 0.6 is 0 Å². The number of alkyl halides is 1. The van der Waals surface area contributed by atoms with Crippen molar-refractivity contribution in [1.82, 2.24) is 25.3 Å². The number of aliphatic hydroxyl groups is 1. The summed E-state index contributed by atoms with van der Waals surface area (Å²) in [6.07, 6.45) is 1.44. The number of carbonyl (C=O) groups excluding carboxylic acids is 1. The number of nitrogens with one attached hydrogen (secondary N) is 1. The number of amides is 1. The first-order valence-corrected chi connectivity index (χ1v) is 30.5. The molecule has 3 atom stereocenters. The molecule has 1 amide bonds. The van der Waals surface area contributed by atoms with E-state index < -0.39 is 52.0 Å². The zero-order valence-electron chi connectivity index (χ0n) is 45.1. The third kappa shape index (κ3) is 12.0. The Morgan fingerprint density at radius 2 is 1.58 bits per heavy atom. The summed E-state index contributed by atoms with van der Waals surface area (Å²) in [4.78, 5) is 28.4. The molecule has 2 aromatic heterocycles. The molecule has 2 saturated heterocycles. The number of carbonyl (C=O) groups is 1. The molecule has 0 radical (unpaired) electrons. The molecule has 2 fully saturated rings. The van der Waals surface area contributed by atoms with E-state index in [1.54, 1.807) is 32.9 Å². The van der Waals surface area contributed by atoms with Gasteiger partial charge in [-0.1, -0.05) is 95.1 Å². The highest BCUT2D eigenvalue weighted by Gasteiger charge is 2.47. The van der Waals surface area contributed by atoms with Crippen LogP contribution in [-0.2, 0) is 4.74 Å². The highest BCUT2D eigenvalue weighted by molar-refractivity contribution is 6.90. The molecule has 1 unspecified atom stereocenters. The zero-order chi connectivity index (χ0) is 52.3. The van der Waals surface area contributed by atoms with Gasteiger partial charge in [-0.3, -0.25) is 9.99 Å². The minimum atomic E-state index is -2.59. The maximum Gasteiger partial charge on any atom is 0.429 e. The Hall–Kier alpha value is -4.44. The number of nitrogens with zero attached hydrogens (tertiary/aromatic N) is 5. The Bertz CT molecular complexity index is 2530. The Morgan fingerprint density at radius 1 is 0.915 bits per heavy atom. The number of hydrogen-bond acceptors (Lipinski definition) is 10. The average Bonchev–Trinajstić information content (AvgIpc) is 3.46. The van der Waals surface area contributed by atoms with Crippen LogP contribution in [0.1, 0.15) is 142 Å². The fourth-order valence-corrected chi connectivity index (χ4v) is 22.2. The summed E-state index contributed by atoms with van der Waals surface area (Å²) in [6, 6.07) is 6.63. The number of halogens is 3. The third-order valence-electron chi connectivity index (χ3n) is 15.0. The van der Waals surface area contributed by atoms with Crippen LogP contribution in [0.15, 0.2) is 30.5 Å². The summed E-state index contributed by atoms with van der Waals surface area (Å²) >= 11 is 0. The molecule has 390 valence electrons. The van der Waals surface area contributed by atoms with E-state index in [0.717, 1.165) is 6.42 Å². The normalized spacial score (nSPS) is 18.9. The molecular formula is C55H81F3N6O5Si2. The quantitative estimate of drug-likeness (QED) is 0.0989. The molecule has 16 heteroatoms. The smallest absolute Gasteiger partial charge is 0.429 e. The van der Waals surface area contributed by atoms with E-state index in [2.05, 4.69) is 99.9 Å². The van der Waals surface area contributed by atoms with Crippen molar-refractivity contribution in [3.8, 4) is 34.5 Å². The number of ether oxygens (including phenoxy) is 2. The standard InChI is InChI=1S/C55H81F3N6O5Si2/c1-33(2)70(34(3)4,35(5)6)25-22-44-47(57)21-20-40-27-43(69-71(36(7)8,37(9)10)38(11)12)28-45(48(40)44)50-49(58)51-46(30-60-50)52(62-53(61-51)67-32-39-18-16-23-59-29-41(56)26-39)64-31-42(65)19-17-24-63(64)54(66)68-55(13,14)15/h20-21,27-28,30,33-39,41-42,59,65H,16-19,23-24,26,29,31-32H2,1-15H3/t39-,41-,42?/m1/s1. The number of hydrogen-bond donors (Lipinski definition) is 2. The maximum absolute atomic E-state index is 18.4. The lowest BCUT2D eigenvalue weighted by Crippen LogP contribution is -2.50. The summed E-state index contributed by atoms with van der Waals surface area (Å²) in [5.74, 6) is 2.44. The van der Waals surface area contributed by atoms with E-state index >= 15 is 8.78 Å². The van der Waals surface area contributed by atoms with Crippen LogP contribution < -0.4 is 19.5 Å². The lowest BCUT2D eigenvalue weighted by molar-refractivity contribution is 0.0226. The van der Waals surface area contributed by atoms with Gasteiger partial charge in [0.2, 0.25) is 0 Å². The van der Waals surface area contributed by atoms with E-state index in [0.29, 0.717) is 42.3 Å². The van der Waals surface area contributed by atoms with Crippen LogP contribution in [0, 0.1) is 29.0 Å². The van der Waals surface area contributed by atoms with Crippen molar-refractivity contribution in [3.05, 3.63) is 47.7 Å². The number of aromatic nitrogens is 3. The summed E-state index contributed by atoms with van der Waals surface area (Å²) in [5, 5.41) is 18.4. The Balaban J connectivity index is 1.68. The van der Waals surface area contributed by atoms with Crippen LogP contribution in [0.4, 0.5) is 23.8 Å². The van der Waals surface area contributed by atoms with Gasteiger partial charge >= 0.3 is 12.1 Å². The number of hydrazine groups is 1. The highest BCUT2D eigenvalue weighted by atomic mass is 28.4. The third-order valence-corrected chi connectivity index (χ3v) is 27.3. The van der Waals surface area contributed by atoms with E-state index in [9.17, 15) is 14.3 Å². The van der Waals surface area contributed by atoms with Crippen LogP contribution in [0.5, 0.6) is 11.8 Å². The van der Waals surface area contributed by atoms with Gasteiger partial charge in [0.05, 0.1) is 30.2 Å². The molecule has 0 saturated carbocycles. The Labute approximate surface area is 423 Å². The summed E-state index contributed by atoms with van der Waals surface area (Å²) in [7, 11) is -4.98. The molecule has 6 rings (SSSR count). The molecule has 11 nitrogen and oxygen atoms in total. The SMILES string of the molecule is CC(C)[Si](C#Cc1c(F)ccc2cc(O[Si](C(C)C)(C(C)C)C(C)C)cc(-c3ncc4c(N5CC(O)CCCN5C(=O)OC(C)(C)C)nc(OC[C@@H]5CCCNC[C@H](F)C5)nc4c3F)c12)(C(C)C)C(C)C. The van der Waals surface area contributed by atoms with Crippen molar-refractivity contribution in [1.29, 1.82) is 0 Å². The first-order chi connectivity index (χ1) is 33.3. The molecule has 4 aromatic rings. The number of rotatable bonds is 13. The lowest BCUT2D eigenvalue weighted by atomic mass is 9.95. The summed E-state index contributed by atoms with van der Waals surface area (Å²) in [6.45, 7) is 32.8. The van der Waals surface area contributed by atoms with Crippen molar-refractivity contribution < 1.29 is 37.0 Å². The van der Waals surface area contributed by atoms with Crippen LogP contribution in [0.3, 0.4) is 0 Å². The number of anilines is 1. The molecule has 2 aliphatic heterocycles. The van der Waals surface area contributed by atoms with E-state index in [1.165, 1.54) is 22.3 Å². The molecule has 2 N–H and O–H groups in total. The Morgan fingerprint density at radius 3 is 2.20 bits per heavy atom. The second kappa shape index (κ2) is 22.8. The van der Waals surface area contributed by atoms with Crippen molar-refractivity contribution >= 4 is 50.0 Å². The van der Waals surface area contributed by atoms with Crippen molar-refractivity contribution in [2.24, 2.45) is 5.92 Å². The van der Waals surface area contributed by atoms with Gasteiger partial charge in [-0.2, -0.15) is 9.97 Å². The first kappa shape index (κ1) is 55.9. The monoisotopic (exact) mass is 1020 g/mol. The Kier molecular flexibility index (Phi) is 17.9. The second-order valence-electron chi connectivity index (χ2n) is 22.9. The van der Waals surface area contributed by atoms with Gasteiger partial charge in [0, 0.05) is 30.2 Å². The van der Waals surface area contributed by atoms with Gasteiger partial charge in [0.25, 0.3) is 8.32 Å². The van der Waals surface area contributed by atoms with Crippen LogP contribution in [0.2, 0.25) is 33.2 Å². The highest BCUT2D eigenvalue weighted by Crippen LogP contribution is 2.46. The molecule has 71 heavy (non-hydrogen) atoms. The fraction of sp³-hybridized carbons (Fsp3) is 0.636. The first-order valence-electron chi connectivity index (χ1n) is 26.1. The number of β-amino-alcohol motifs (C(OH)–C–C–N with tert-alkyl or cyclic N) is 1. The molecule has 4 heterocycles. The number of aliphatic hydroxyl groups excluding tert-OH is 1. The second-order valence-corrected chi connectivity index (χ2v) is 33.9. The molecule has 0 spiro atoms. The largest absolute Gasteiger partial charge is 0.543 e. The predicted molar refractivity (Wildman–Crippen MR) is 286 cm³/mol. The molecule has 2 aromatic carbocycles. The maximum atomic E-state index is 18.4. The van der Waals surface area contributed by atoms with Gasteiger partial charge in [-0.15, -0.1) is 5.54 Å². The number of fused-ring (bicyclic) bond motifs is 2. The molecule has 0 aliphatic carbocycles. The van der Waals surface area contributed by atoms with Gasteiger partial charge in [-0.25, -0.2) is 23.0 Å². The fourth-order valence-electron chi connectivity index (χ4n) is 11.8. The number of pyridine rings is 1. The van der Waals surface area contributed by atoms with Gasteiger partial charge in [0.1, 0.15) is 42.6 Å². The van der Waals surface area contributed by atoms with E-state index in [1.807, 2.05) is 6.07 Å². The van der Waals surface area contributed by atoms with Gasteiger partial charge < -0.3 is 24.3 Å². The van der Waals surface area contributed by atoms with Crippen molar-refractivity contribution in [2.75, 3.05) is 37.8 Å². The predicted octanol–water partition coefficient (Wildman–Crippen LogP) is 13.5. The van der Waals surface area contributed by atoms with Crippen molar-refractivity contribution in [2.45, 2.75) is 187 Å². The van der Waals surface area contributed by atoms with Gasteiger partial charge in [-0.05, 0) is 122 Å². The summed E-state index contributed by atoms with van der Waals surface area (Å²) in [5.41, 5.74) is 4.49. The van der Waals surface area contributed by atoms with E-state index in [4.69, 9.17) is 28.9 Å². The summed E-state index contributed by atoms with van der Waals surface area (Å²) < 4.78 is 69.6. The number of benzene rings is 2. The molecular weight excluding hydrogens is 938 g/mol. The van der Waals surface area contributed by atoms with Crippen molar-refractivity contribution in [3.63, 3.8) is 0 Å². The van der Waals surface area contributed by atoms with E-state index in [-0.39, 0.29) is 111 Å². The minimum absolute atomic E-state index is 0.0653. The topological polar surface area (TPSA) is 122 Å². The van der Waals surface area contributed by atoms with Gasteiger partial charge in [0.15, 0.2) is 11.6 Å². The lowest BCUT2D eigenvalue weighted by Gasteiger charge is -2.42. The van der Waals surface area contributed by atoms with Crippen LogP contribution in [0.25, 0.3) is 32.9 Å².